The van der Waals surface area contributed by atoms with E-state index < -0.39 is 0 Å². The lowest BCUT2D eigenvalue weighted by molar-refractivity contribution is -0.123. The number of nitrogens with zero attached hydrogens (tertiary/aromatic N) is 3. The van der Waals surface area contributed by atoms with Crippen molar-refractivity contribution in [1.82, 2.24) is 19.9 Å². The zero-order chi connectivity index (χ0) is 22.5. The summed E-state index contributed by atoms with van der Waals surface area (Å²) < 4.78 is 12.1. The van der Waals surface area contributed by atoms with Crippen LogP contribution in [0.15, 0.2) is 59.4 Å². The number of nitrogens with one attached hydrogen (secondary N) is 1. The fraction of sp³-hybridized carbons (Fsp3) is 0.217. The maximum Gasteiger partial charge on any atom is 0.275 e. The summed E-state index contributed by atoms with van der Waals surface area (Å²) in [6, 6.07) is 16.4. The number of benzene rings is 2. The summed E-state index contributed by atoms with van der Waals surface area (Å²) in [5.41, 5.74) is 2.06. The van der Waals surface area contributed by atoms with Gasteiger partial charge in [0, 0.05) is 11.6 Å². The number of hydrogen-bond acceptors (Lipinski definition) is 7. The topological polar surface area (TPSA) is 94.8 Å². The number of amides is 1. The van der Waals surface area contributed by atoms with E-state index in [4.69, 9.17) is 9.47 Å². The molecule has 0 saturated carbocycles. The number of carbonyl (C=O) groups excluding carboxylic acids is 1. The first-order chi connectivity index (χ1) is 15.6. The molecule has 4 rings (SSSR count). The Morgan fingerprint density at radius 1 is 1.16 bits per heavy atom. The van der Waals surface area contributed by atoms with Gasteiger partial charge < -0.3 is 14.8 Å². The highest BCUT2D eigenvalue weighted by atomic mass is 32.1. The highest BCUT2D eigenvalue weighted by molar-refractivity contribution is 7.19. The van der Waals surface area contributed by atoms with E-state index >= 15 is 0 Å². The quantitative estimate of drug-likeness (QED) is 0.443. The summed E-state index contributed by atoms with van der Waals surface area (Å²) in [6.07, 6.45) is 0.818. The fourth-order valence-electron chi connectivity index (χ4n) is 3.12. The Balaban J connectivity index is 1.43. The minimum atomic E-state index is -0.302. The number of rotatable bonds is 8. The Morgan fingerprint density at radius 2 is 1.94 bits per heavy atom. The molecule has 0 aliphatic heterocycles. The number of aromatic nitrogens is 3. The van der Waals surface area contributed by atoms with Crippen molar-refractivity contribution in [2.45, 2.75) is 19.9 Å². The maximum absolute atomic E-state index is 12.5. The number of para-hydroxylation sites is 1. The predicted molar refractivity (Wildman–Crippen MR) is 122 cm³/mol. The Hall–Kier alpha value is -3.72. The zero-order valence-electron chi connectivity index (χ0n) is 17.7. The predicted octanol–water partition coefficient (Wildman–Crippen LogP) is 3.08. The zero-order valence-corrected chi connectivity index (χ0v) is 18.5. The number of hydrogen-bond donors (Lipinski definition) is 1. The molecular weight excluding hydrogens is 428 g/mol. The first-order valence-electron chi connectivity index (χ1n) is 10.1. The van der Waals surface area contributed by atoms with E-state index in [9.17, 15) is 9.59 Å². The molecule has 2 heterocycles. The number of carbonyl (C=O) groups is 1. The van der Waals surface area contributed by atoms with Gasteiger partial charge in [-0.2, -0.15) is 9.61 Å². The van der Waals surface area contributed by atoms with Crippen LogP contribution in [0.2, 0.25) is 0 Å². The molecule has 0 bridgehead atoms. The van der Waals surface area contributed by atoms with E-state index in [1.807, 2.05) is 55.5 Å². The Morgan fingerprint density at radius 3 is 2.69 bits per heavy atom. The van der Waals surface area contributed by atoms with Crippen molar-refractivity contribution in [1.29, 1.82) is 0 Å². The molecule has 0 fully saturated rings. The lowest BCUT2D eigenvalue weighted by Crippen LogP contribution is -2.29. The van der Waals surface area contributed by atoms with Gasteiger partial charge >= 0.3 is 0 Å². The molecule has 1 amide bonds. The highest BCUT2D eigenvalue weighted by Gasteiger charge is 2.12. The van der Waals surface area contributed by atoms with Crippen LogP contribution in [0.1, 0.15) is 18.2 Å². The summed E-state index contributed by atoms with van der Waals surface area (Å²) in [5, 5.41) is 7.78. The molecule has 0 aliphatic carbocycles. The fourth-order valence-corrected chi connectivity index (χ4v) is 4.05. The van der Waals surface area contributed by atoms with Crippen LogP contribution in [0.4, 0.5) is 0 Å². The smallest absolute Gasteiger partial charge is 0.275 e. The molecule has 0 radical (unpaired) electrons. The summed E-state index contributed by atoms with van der Waals surface area (Å²) >= 11 is 1.30. The average molecular weight is 451 g/mol. The lowest BCUT2D eigenvalue weighted by atomic mass is 10.1. The second-order valence-electron chi connectivity index (χ2n) is 6.94. The van der Waals surface area contributed by atoms with Gasteiger partial charge in [-0.05, 0) is 42.3 Å². The van der Waals surface area contributed by atoms with Gasteiger partial charge in [-0.3, -0.25) is 9.59 Å². The van der Waals surface area contributed by atoms with Crippen molar-refractivity contribution in [3.63, 3.8) is 0 Å². The first-order valence-corrected chi connectivity index (χ1v) is 10.9. The SMILES string of the molecule is CCc1ccccc1OCC(=O)NCc1cc(=O)n2nc(-c3ccc(OC)cc3)sc2n1. The van der Waals surface area contributed by atoms with Gasteiger partial charge in [-0.15, -0.1) is 0 Å². The van der Waals surface area contributed by atoms with Gasteiger partial charge in [0.2, 0.25) is 4.96 Å². The molecule has 9 heteroatoms. The molecule has 2 aromatic carbocycles. The van der Waals surface area contributed by atoms with Gasteiger partial charge in [0.1, 0.15) is 16.5 Å². The van der Waals surface area contributed by atoms with Crippen molar-refractivity contribution < 1.29 is 14.3 Å². The first kappa shape index (κ1) is 21.5. The Labute approximate surface area is 188 Å². The third-order valence-electron chi connectivity index (χ3n) is 4.81. The Bertz CT molecular complexity index is 1300. The molecular formula is C23H22N4O4S. The molecule has 164 valence electrons. The van der Waals surface area contributed by atoms with Crippen LogP contribution in [0.5, 0.6) is 11.5 Å². The molecule has 8 nitrogen and oxygen atoms in total. The summed E-state index contributed by atoms with van der Waals surface area (Å²) in [7, 11) is 1.60. The third kappa shape index (κ3) is 4.78. The summed E-state index contributed by atoms with van der Waals surface area (Å²) in [5.74, 6) is 1.14. The van der Waals surface area contributed by atoms with Gasteiger partial charge in [-0.25, -0.2) is 4.98 Å². The molecule has 32 heavy (non-hydrogen) atoms. The third-order valence-corrected chi connectivity index (χ3v) is 5.77. The van der Waals surface area contributed by atoms with E-state index in [2.05, 4.69) is 15.4 Å². The van der Waals surface area contributed by atoms with Crippen molar-refractivity contribution in [3.05, 3.63) is 76.2 Å². The van der Waals surface area contributed by atoms with Gasteiger partial charge in [-0.1, -0.05) is 36.5 Å². The van der Waals surface area contributed by atoms with Crippen LogP contribution < -0.4 is 20.3 Å². The van der Waals surface area contributed by atoms with E-state index in [1.54, 1.807) is 7.11 Å². The van der Waals surface area contributed by atoms with Crippen molar-refractivity contribution in [3.8, 4) is 22.1 Å². The molecule has 0 aliphatic rings. The summed E-state index contributed by atoms with van der Waals surface area (Å²) in [6.45, 7) is 2.04. The van der Waals surface area contributed by atoms with Crippen LogP contribution >= 0.6 is 11.3 Å². The van der Waals surface area contributed by atoms with Crippen LogP contribution in [0.25, 0.3) is 15.5 Å². The van der Waals surface area contributed by atoms with Crippen LogP contribution in [-0.4, -0.2) is 34.2 Å². The maximum atomic E-state index is 12.5. The van der Waals surface area contributed by atoms with E-state index in [-0.39, 0.29) is 24.6 Å². The van der Waals surface area contributed by atoms with Gasteiger partial charge in [0.05, 0.1) is 19.3 Å². The van der Waals surface area contributed by atoms with Crippen LogP contribution in [-0.2, 0) is 17.8 Å². The average Bonchev–Trinajstić information content (AvgIpc) is 3.26. The molecule has 0 unspecified atom stereocenters. The number of methoxy groups -OCH3 is 1. The van der Waals surface area contributed by atoms with Gasteiger partial charge in [0.15, 0.2) is 6.61 Å². The van der Waals surface area contributed by atoms with Gasteiger partial charge in [0.25, 0.3) is 11.5 Å². The molecule has 0 atom stereocenters. The molecule has 0 spiro atoms. The molecule has 1 N–H and O–H groups in total. The number of aryl methyl sites for hydroxylation is 1. The van der Waals surface area contributed by atoms with Crippen molar-refractivity contribution >= 4 is 22.2 Å². The largest absolute Gasteiger partial charge is 0.497 e. The van der Waals surface area contributed by atoms with Crippen molar-refractivity contribution in [2.75, 3.05) is 13.7 Å². The monoisotopic (exact) mass is 450 g/mol. The van der Waals surface area contributed by atoms with Crippen LogP contribution in [0.3, 0.4) is 0 Å². The van der Waals surface area contributed by atoms with Crippen LogP contribution in [0, 0.1) is 0 Å². The minimum absolute atomic E-state index is 0.111. The lowest BCUT2D eigenvalue weighted by Gasteiger charge is -2.10. The Kier molecular flexibility index (Phi) is 6.46. The summed E-state index contributed by atoms with van der Waals surface area (Å²) in [4.78, 5) is 29.6. The molecule has 2 aromatic heterocycles. The van der Waals surface area contributed by atoms with Crippen molar-refractivity contribution in [2.24, 2.45) is 0 Å². The normalized spacial score (nSPS) is 10.8. The molecule has 0 saturated heterocycles. The highest BCUT2D eigenvalue weighted by Crippen LogP contribution is 2.26. The second-order valence-corrected chi connectivity index (χ2v) is 7.90. The molecule has 4 aromatic rings. The van der Waals surface area contributed by atoms with E-state index in [0.717, 1.165) is 23.3 Å². The standard InChI is InChI=1S/C23H22N4O4S/c1-3-15-6-4-5-7-19(15)31-14-20(28)24-13-17-12-21(29)27-23(25-17)32-22(26-27)16-8-10-18(30-2)11-9-16/h4-12H,3,13-14H2,1-2H3,(H,24,28). The van der Waals surface area contributed by atoms with E-state index in [0.29, 0.717) is 21.4 Å². The number of fused-ring (bicyclic) bond motifs is 1. The second kappa shape index (κ2) is 9.61. The van der Waals surface area contributed by atoms with E-state index in [1.165, 1.54) is 21.9 Å². The minimum Gasteiger partial charge on any atom is -0.497 e. The number of ether oxygens (including phenoxy) is 2.